The summed E-state index contributed by atoms with van der Waals surface area (Å²) in [4.78, 5) is 12.1. The molecule has 0 saturated carbocycles. The van der Waals surface area contributed by atoms with Crippen LogP contribution < -0.4 is 5.32 Å². The molecule has 0 spiro atoms. The van der Waals surface area contributed by atoms with E-state index in [1.807, 2.05) is 11.6 Å². The Morgan fingerprint density at radius 3 is 2.62 bits per heavy atom. The summed E-state index contributed by atoms with van der Waals surface area (Å²) in [5.41, 5.74) is 1.17. The molecule has 0 aliphatic carbocycles. The molecule has 10 heteroatoms. The van der Waals surface area contributed by atoms with E-state index in [-0.39, 0.29) is 23.2 Å². The highest BCUT2D eigenvalue weighted by Crippen LogP contribution is 2.22. The maximum absolute atomic E-state index is 13.8. The van der Waals surface area contributed by atoms with Gasteiger partial charge in [0.15, 0.2) is 5.16 Å². The fraction of sp³-hybridized carbons (Fsp3) is 0.211. The van der Waals surface area contributed by atoms with Crippen molar-refractivity contribution in [1.82, 2.24) is 14.8 Å². The fourth-order valence-electron chi connectivity index (χ4n) is 2.34. The van der Waals surface area contributed by atoms with Gasteiger partial charge in [0, 0.05) is 17.3 Å². The van der Waals surface area contributed by atoms with Crippen molar-refractivity contribution >= 4 is 51.0 Å². The smallest absolute Gasteiger partial charge is 0.234 e. The molecule has 5 nitrogen and oxygen atoms in total. The van der Waals surface area contributed by atoms with Crippen LogP contribution in [-0.2, 0) is 23.3 Å². The van der Waals surface area contributed by atoms with Gasteiger partial charge >= 0.3 is 0 Å². The number of benzene rings is 2. The first-order valence-electron chi connectivity index (χ1n) is 8.50. The molecule has 1 N–H and O–H groups in total. The number of thioether (sulfide) groups is 2. The molecule has 3 rings (SSSR count). The monoisotopic (exact) mass is 498 g/mol. The molecule has 0 aliphatic heterocycles. The van der Waals surface area contributed by atoms with Gasteiger partial charge in [0.2, 0.25) is 5.91 Å². The minimum absolute atomic E-state index is 0.0875. The average Bonchev–Trinajstić information content (AvgIpc) is 3.04. The van der Waals surface area contributed by atoms with E-state index in [0.717, 1.165) is 17.1 Å². The number of nitrogens with zero attached hydrogens (tertiary/aromatic N) is 3. The third-order valence-electron chi connectivity index (χ3n) is 3.88. The fourth-order valence-corrected chi connectivity index (χ4v) is 4.37. The van der Waals surface area contributed by atoms with Crippen molar-refractivity contribution in [2.75, 3.05) is 11.1 Å². The van der Waals surface area contributed by atoms with Gasteiger partial charge in [-0.3, -0.25) is 4.79 Å². The first-order valence-corrected chi connectivity index (χ1v) is 11.4. The average molecular weight is 499 g/mol. The Morgan fingerprint density at radius 2 is 1.90 bits per heavy atom. The number of carbonyl (C=O) groups is 1. The van der Waals surface area contributed by atoms with E-state index in [1.165, 1.54) is 36.0 Å². The molecule has 1 aromatic heterocycles. The van der Waals surface area contributed by atoms with E-state index in [2.05, 4.69) is 31.4 Å². The van der Waals surface area contributed by atoms with Crippen molar-refractivity contribution in [2.24, 2.45) is 7.05 Å². The first kappa shape index (κ1) is 21.8. The number of halogens is 3. The SMILES string of the molecule is Cn1c(CSCc2ccc(F)cc2)nnc1SCC(=O)Nc1ccc(Br)cc1F. The molecule has 0 saturated heterocycles. The largest absolute Gasteiger partial charge is 0.323 e. The molecule has 0 bridgehead atoms. The zero-order valence-electron chi connectivity index (χ0n) is 15.4. The number of hydrogen-bond donors (Lipinski definition) is 1. The van der Waals surface area contributed by atoms with Gasteiger partial charge in [-0.1, -0.05) is 39.8 Å². The summed E-state index contributed by atoms with van der Waals surface area (Å²) < 4.78 is 29.2. The van der Waals surface area contributed by atoms with Crippen molar-refractivity contribution in [1.29, 1.82) is 0 Å². The van der Waals surface area contributed by atoms with Crippen LogP contribution in [0.5, 0.6) is 0 Å². The molecule has 29 heavy (non-hydrogen) atoms. The summed E-state index contributed by atoms with van der Waals surface area (Å²) in [6.07, 6.45) is 0. The van der Waals surface area contributed by atoms with Gasteiger partial charge in [-0.05, 0) is 35.9 Å². The van der Waals surface area contributed by atoms with E-state index in [1.54, 1.807) is 30.0 Å². The van der Waals surface area contributed by atoms with Crippen molar-refractivity contribution in [3.05, 3.63) is 70.0 Å². The molecule has 1 amide bonds. The number of aromatic nitrogens is 3. The molecule has 2 aromatic carbocycles. The van der Waals surface area contributed by atoms with Crippen LogP contribution in [0, 0.1) is 11.6 Å². The number of nitrogens with one attached hydrogen (secondary N) is 1. The molecule has 0 fully saturated rings. The first-order chi connectivity index (χ1) is 13.9. The van der Waals surface area contributed by atoms with Crippen LogP contribution >= 0.6 is 39.5 Å². The summed E-state index contributed by atoms with van der Waals surface area (Å²) in [7, 11) is 1.84. The summed E-state index contributed by atoms with van der Waals surface area (Å²) in [6.45, 7) is 0. The standard InChI is InChI=1S/C19H17BrF2N4OS2/c1-26-17(10-28-9-12-2-5-14(21)6-3-12)24-25-19(26)29-11-18(27)23-16-7-4-13(20)8-15(16)22/h2-8H,9-11H2,1H3,(H,23,27). The Hall–Kier alpha value is -1.91. The van der Waals surface area contributed by atoms with Crippen molar-refractivity contribution < 1.29 is 13.6 Å². The van der Waals surface area contributed by atoms with E-state index in [9.17, 15) is 13.6 Å². The predicted octanol–water partition coefficient (Wildman–Crippen LogP) is 5.02. The summed E-state index contributed by atoms with van der Waals surface area (Å²) in [6, 6.07) is 10.9. The lowest BCUT2D eigenvalue weighted by Crippen LogP contribution is -2.15. The Morgan fingerprint density at radius 1 is 1.14 bits per heavy atom. The maximum atomic E-state index is 13.8. The number of hydrogen-bond acceptors (Lipinski definition) is 5. The van der Waals surface area contributed by atoms with Crippen LogP contribution in [-0.4, -0.2) is 26.4 Å². The Kier molecular flexibility index (Phi) is 7.68. The number of carbonyl (C=O) groups excluding carboxylic acids is 1. The topological polar surface area (TPSA) is 59.8 Å². The maximum Gasteiger partial charge on any atom is 0.234 e. The summed E-state index contributed by atoms with van der Waals surface area (Å²) >= 11 is 6.05. The number of anilines is 1. The summed E-state index contributed by atoms with van der Waals surface area (Å²) in [5, 5.41) is 11.4. The zero-order chi connectivity index (χ0) is 20.8. The minimum Gasteiger partial charge on any atom is -0.323 e. The quantitative estimate of drug-likeness (QED) is 0.441. The molecule has 0 atom stereocenters. The van der Waals surface area contributed by atoms with Gasteiger partial charge in [0.25, 0.3) is 0 Å². The van der Waals surface area contributed by atoms with Crippen LogP contribution in [0.2, 0.25) is 0 Å². The Bertz CT molecular complexity index is 998. The van der Waals surface area contributed by atoms with Crippen molar-refractivity contribution in [3.8, 4) is 0 Å². The van der Waals surface area contributed by atoms with Gasteiger partial charge in [-0.2, -0.15) is 0 Å². The second-order valence-corrected chi connectivity index (χ2v) is 8.88. The Balaban J connectivity index is 1.48. The lowest BCUT2D eigenvalue weighted by atomic mass is 10.2. The highest BCUT2D eigenvalue weighted by Gasteiger charge is 2.13. The summed E-state index contributed by atoms with van der Waals surface area (Å²) in [5.74, 6) is 1.15. The predicted molar refractivity (Wildman–Crippen MR) is 116 cm³/mol. The van der Waals surface area contributed by atoms with Crippen molar-refractivity contribution in [2.45, 2.75) is 16.7 Å². The second-order valence-electron chi connectivity index (χ2n) is 6.04. The van der Waals surface area contributed by atoms with Gasteiger partial charge in [-0.15, -0.1) is 22.0 Å². The van der Waals surface area contributed by atoms with E-state index in [0.29, 0.717) is 15.4 Å². The van der Waals surface area contributed by atoms with Gasteiger partial charge in [0.05, 0.1) is 17.2 Å². The Labute approximate surface area is 183 Å². The van der Waals surface area contributed by atoms with Crippen LogP contribution in [0.25, 0.3) is 0 Å². The van der Waals surface area contributed by atoms with Crippen LogP contribution in [0.3, 0.4) is 0 Å². The highest BCUT2D eigenvalue weighted by molar-refractivity contribution is 9.10. The van der Waals surface area contributed by atoms with Gasteiger partial charge < -0.3 is 9.88 Å². The number of amides is 1. The van der Waals surface area contributed by atoms with Crippen LogP contribution in [0.1, 0.15) is 11.4 Å². The second kappa shape index (κ2) is 10.2. The highest BCUT2D eigenvalue weighted by atomic mass is 79.9. The molecule has 152 valence electrons. The zero-order valence-corrected chi connectivity index (χ0v) is 18.6. The van der Waals surface area contributed by atoms with Gasteiger partial charge in [0.1, 0.15) is 17.5 Å². The molecular formula is C19H17BrF2N4OS2. The third-order valence-corrected chi connectivity index (χ3v) is 6.39. The van der Waals surface area contributed by atoms with Crippen molar-refractivity contribution in [3.63, 3.8) is 0 Å². The van der Waals surface area contributed by atoms with E-state index >= 15 is 0 Å². The molecule has 3 aromatic rings. The third kappa shape index (κ3) is 6.28. The minimum atomic E-state index is -0.503. The lowest BCUT2D eigenvalue weighted by Gasteiger charge is -2.07. The normalized spacial score (nSPS) is 10.9. The van der Waals surface area contributed by atoms with Crippen LogP contribution in [0.15, 0.2) is 52.1 Å². The van der Waals surface area contributed by atoms with Gasteiger partial charge in [-0.25, -0.2) is 8.78 Å². The number of rotatable bonds is 8. The molecular weight excluding hydrogens is 482 g/mol. The van der Waals surface area contributed by atoms with E-state index < -0.39 is 5.82 Å². The molecule has 1 heterocycles. The van der Waals surface area contributed by atoms with Crippen LogP contribution in [0.4, 0.5) is 14.5 Å². The lowest BCUT2D eigenvalue weighted by molar-refractivity contribution is -0.113. The molecule has 0 unspecified atom stereocenters. The molecule has 0 radical (unpaired) electrons. The van der Waals surface area contributed by atoms with E-state index in [4.69, 9.17) is 0 Å². The molecule has 0 aliphatic rings.